The molecule has 0 spiro atoms. The molecule has 2 aromatic carbocycles. The Morgan fingerprint density at radius 2 is 1.58 bits per heavy atom. The highest BCUT2D eigenvalue weighted by Gasteiger charge is 2.60. The number of allylic oxidation sites excluding steroid dienone is 2. The van der Waals surface area contributed by atoms with Crippen LogP contribution >= 0.6 is 15.9 Å². The molecular weight excluding hydrogens is 456 g/mol. The van der Waals surface area contributed by atoms with E-state index in [1.54, 1.807) is 0 Å². The molecule has 6 heteroatoms. The Labute approximate surface area is 189 Å². The molecule has 0 radical (unpaired) electrons. The Morgan fingerprint density at radius 3 is 2.16 bits per heavy atom. The number of imide groups is 1. The Morgan fingerprint density at radius 1 is 1.00 bits per heavy atom. The fraction of sp³-hybridized carbons (Fsp3) is 0.320. The fourth-order valence-electron chi connectivity index (χ4n) is 5.30. The van der Waals surface area contributed by atoms with E-state index in [-0.39, 0.29) is 47.8 Å². The number of carbonyl (C=O) groups is 3. The summed E-state index contributed by atoms with van der Waals surface area (Å²) in [7, 11) is 0. The molecule has 1 heterocycles. The van der Waals surface area contributed by atoms with E-state index in [0.717, 1.165) is 22.0 Å². The smallest absolute Gasteiger partial charge is 0.234 e. The van der Waals surface area contributed by atoms with Crippen LogP contribution in [-0.2, 0) is 14.4 Å². The number of amides is 3. The number of nitrogens with one attached hydrogen (secondary N) is 1. The minimum Gasteiger partial charge on any atom is -0.326 e. The van der Waals surface area contributed by atoms with Gasteiger partial charge < -0.3 is 5.32 Å². The average molecular weight is 479 g/mol. The lowest BCUT2D eigenvalue weighted by Gasteiger charge is -2.28. The third kappa shape index (κ3) is 3.53. The van der Waals surface area contributed by atoms with Gasteiger partial charge in [-0.25, -0.2) is 0 Å². The first-order valence-electron chi connectivity index (χ1n) is 10.6. The van der Waals surface area contributed by atoms with Crippen molar-refractivity contribution in [1.29, 1.82) is 0 Å². The summed E-state index contributed by atoms with van der Waals surface area (Å²) in [4.78, 5) is 41.1. The number of nitrogens with zero attached hydrogens (tertiary/aromatic N) is 1. The molecule has 1 aliphatic heterocycles. The minimum atomic E-state index is -0.622. The summed E-state index contributed by atoms with van der Waals surface area (Å²) in [6, 6.07) is 14.4. The second-order valence-corrected chi connectivity index (χ2v) is 9.65. The van der Waals surface area contributed by atoms with Gasteiger partial charge in [0.15, 0.2) is 0 Å². The van der Waals surface area contributed by atoms with Crippen LogP contribution < -0.4 is 5.32 Å². The van der Waals surface area contributed by atoms with Crippen LogP contribution in [-0.4, -0.2) is 22.6 Å². The first kappa shape index (κ1) is 20.2. The monoisotopic (exact) mass is 478 g/mol. The van der Waals surface area contributed by atoms with Gasteiger partial charge in [0.1, 0.15) is 0 Å². The number of rotatable bonds is 5. The van der Waals surface area contributed by atoms with E-state index in [4.69, 9.17) is 0 Å². The van der Waals surface area contributed by atoms with Crippen LogP contribution in [0, 0.1) is 30.6 Å². The number of carbonyl (C=O) groups excluding carboxylic acids is 3. The first-order valence-corrected chi connectivity index (χ1v) is 11.4. The van der Waals surface area contributed by atoms with E-state index >= 15 is 0 Å². The average Bonchev–Trinajstić information content (AvgIpc) is 3.43. The van der Waals surface area contributed by atoms with Gasteiger partial charge in [-0.05, 0) is 55.0 Å². The minimum absolute atomic E-state index is 0.0230. The highest BCUT2D eigenvalue weighted by Crippen LogP contribution is 2.54. The molecular formula is C25H23BrN2O3. The molecule has 5 nitrogen and oxygen atoms in total. The van der Waals surface area contributed by atoms with Crippen LogP contribution in [0.3, 0.4) is 0 Å². The Balaban J connectivity index is 1.43. The van der Waals surface area contributed by atoms with Gasteiger partial charge in [0.25, 0.3) is 0 Å². The molecule has 31 heavy (non-hydrogen) atoms. The second kappa shape index (κ2) is 7.75. The normalized spacial score (nSPS) is 27.0. The van der Waals surface area contributed by atoms with Crippen molar-refractivity contribution in [1.82, 2.24) is 4.90 Å². The van der Waals surface area contributed by atoms with Gasteiger partial charge in [-0.1, -0.05) is 57.9 Å². The zero-order valence-electron chi connectivity index (χ0n) is 17.1. The van der Waals surface area contributed by atoms with Crippen LogP contribution in [0.2, 0.25) is 0 Å². The summed E-state index contributed by atoms with van der Waals surface area (Å²) < 4.78 is 0.900. The van der Waals surface area contributed by atoms with Crippen LogP contribution in [0.25, 0.3) is 0 Å². The van der Waals surface area contributed by atoms with Gasteiger partial charge in [0.2, 0.25) is 17.7 Å². The lowest BCUT2D eigenvalue weighted by molar-refractivity contribution is -0.144. The molecule has 1 saturated heterocycles. The van der Waals surface area contributed by atoms with Crippen LogP contribution in [0.4, 0.5) is 5.69 Å². The second-order valence-electron chi connectivity index (χ2n) is 8.73. The number of benzene rings is 2. The molecule has 1 saturated carbocycles. The van der Waals surface area contributed by atoms with Crippen molar-refractivity contribution in [3.05, 3.63) is 76.3 Å². The maximum Gasteiger partial charge on any atom is 0.234 e. The zero-order valence-corrected chi connectivity index (χ0v) is 18.7. The van der Waals surface area contributed by atoms with Crippen LogP contribution in [0.5, 0.6) is 0 Å². The fourth-order valence-corrected chi connectivity index (χ4v) is 5.56. The number of likely N-dealkylation sites (tertiary alicyclic amines) is 1. The highest BCUT2D eigenvalue weighted by atomic mass is 79.9. The van der Waals surface area contributed by atoms with Gasteiger partial charge >= 0.3 is 0 Å². The molecule has 3 aliphatic rings. The summed E-state index contributed by atoms with van der Waals surface area (Å²) in [5.74, 6) is -0.769. The van der Waals surface area contributed by atoms with Gasteiger partial charge in [0, 0.05) is 10.2 Å². The number of hydrogen-bond acceptors (Lipinski definition) is 3. The topological polar surface area (TPSA) is 66.5 Å². The zero-order chi connectivity index (χ0) is 21.7. The van der Waals surface area contributed by atoms with Crippen molar-refractivity contribution < 1.29 is 14.4 Å². The quantitative estimate of drug-likeness (QED) is 0.502. The van der Waals surface area contributed by atoms with Crippen molar-refractivity contribution in [3.63, 3.8) is 0 Å². The lowest BCUT2D eigenvalue weighted by Crippen LogP contribution is -2.38. The Bertz CT molecular complexity index is 1050. The summed E-state index contributed by atoms with van der Waals surface area (Å²) >= 11 is 3.43. The predicted molar refractivity (Wildman–Crippen MR) is 121 cm³/mol. The van der Waals surface area contributed by atoms with E-state index in [0.29, 0.717) is 5.69 Å². The van der Waals surface area contributed by atoms with E-state index in [1.807, 2.05) is 55.5 Å². The molecule has 1 N–H and O–H groups in total. The predicted octanol–water partition coefficient (Wildman–Crippen LogP) is 4.63. The summed E-state index contributed by atoms with van der Waals surface area (Å²) in [6.45, 7) is 1.98. The maximum absolute atomic E-state index is 13.4. The van der Waals surface area contributed by atoms with E-state index < -0.39 is 6.04 Å². The molecule has 2 fully saturated rings. The number of aryl methyl sites for hydroxylation is 1. The molecule has 3 amide bonds. The van der Waals surface area contributed by atoms with Crippen molar-refractivity contribution in [3.8, 4) is 0 Å². The van der Waals surface area contributed by atoms with Gasteiger partial charge in [0.05, 0.1) is 24.3 Å². The molecule has 5 unspecified atom stereocenters. The van der Waals surface area contributed by atoms with Crippen molar-refractivity contribution in [2.45, 2.75) is 25.8 Å². The van der Waals surface area contributed by atoms with Crippen molar-refractivity contribution >= 4 is 39.3 Å². The van der Waals surface area contributed by atoms with E-state index in [2.05, 4.69) is 33.4 Å². The molecule has 2 aliphatic carbocycles. The number of halogens is 1. The molecule has 2 aromatic rings. The van der Waals surface area contributed by atoms with Gasteiger partial charge in [-0.2, -0.15) is 0 Å². The summed E-state index contributed by atoms with van der Waals surface area (Å²) in [6.07, 6.45) is 5.07. The molecule has 5 rings (SSSR count). The molecule has 2 bridgehead atoms. The standard InChI is InChI=1S/C25H23BrN2O3/c1-14-2-10-19(11-3-14)27-21(29)13-20(15-6-8-18(26)9-7-15)28-24(30)22-16-4-5-17(12-16)23(22)25(28)31/h2-11,16-17,20,22-23H,12-13H2,1H3,(H,27,29). The Hall–Kier alpha value is -2.73. The first-order chi connectivity index (χ1) is 14.9. The number of fused-ring (bicyclic) bond motifs is 5. The number of hydrogen-bond donors (Lipinski definition) is 1. The summed E-state index contributed by atoms with van der Waals surface area (Å²) in [5, 5.41) is 2.90. The maximum atomic E-state index is 13.4. The third-order valence-corrected chi connectivity index (χ3v) is 7.31. The van der Waals surface area contributed by atoms with Crippen molar-refractivity contribution in [2.24, 2.45) is 23.7 Å². The molecule has 158 valence electrons. The Kier molecular flexibility index (Phi) is 5.05. The molecule has 5 atom stereocenters. The van der Waals surface area contributed by atoms with Gasteiger partial charge in [-0.15, -0.1) is 0 Å². The largest absolute Gasteiger partial charge is 0.326 e. The lowest BCUT2D eigenvalue weighted by atomic mass is 9.85. The third-order valence-electron chi connectivity index (χ3n) is 6.78. The number of anilines is 1. The van der Waals surface area contributed by atoms with Crippen LogP contribution in [0.15, 0.2) is 65.2 Å². The van der Waals surface area contributed by atoms with E-state index in [1.165, 1.54) is 4.90 Å². The molecule has 0 aromatic heterocycles. The summed E-state index contributed by atoms with van der Waals surface area (Å²) in [5.41, 5.74) is 2.58. The van der Waals surface area contributed by atoms with E-state index in [9.17, 15) is 14.4 Å². The highest BCUT2D eigenvalue weighted by molar-refractivity contribution is 9.10. The van der Waals surface area contributed by atoms with Crippen LogP contribution in [0.1, 0.15) is 30.0 Å². The SMILES string of the molecule is Cc1ccc(NC(=O)CC(c2ccc(Br)cc2)N2C(=O)C3C4C=CC(C4)C3C2=O)cc1. The van der Waals surface area contributed by atoms with Crippen molar-refractivity contribution in [2.75, 3.05) is 5.32 Å². The van der Waals surface area contributed by atoms with Gasteiger partial charge in [-0.3, -0.25) is 19.3 Å².